The van der Waals surface area contributed by atoms with E-state index in [0.29, 0.717) is 5.56 Å². The molecule has 0 saturated heterocycles. The first-order valence-electron chi connectivity index (χ1n) is 5.72. The topological polar surface area (TPSA) is 74.9 Å². The van der Waals surface area contributed by atoms with Gasteiger partial charge in [-0.05, 0) is 29.8 Å². The van der Waals surface area contributed by atoms with Crippen LogP contribution in [0.25, 0.3) is 0 Å². The first kappa shape index (κ1) is 14.6. The van der Waals surface area contributed by atoms with Crippen molar-refractivity contribution >= 4 is 21.6 Å². The highest BCUT2D eigenvalue weighted by atomic mass is 35.5. The number of nitrogens with one attached hydrogen (secondary N) is 1. The number of aryl methyl sites for hydroxylation is 1. The van der Waals surface area contributed by atoms with Crippen LogP contribution in [0.15, 0.2) is 41.6 Å². The van der Waals surface area contributed by atoms with Crippen LogP contribution in [0.4, 0.5) is 0 Å². The standard InChI is InChI=1S/C13H12ClN3O2S/c1-17-5-4-11(9-17)8-16-20(18,19)13-3-2-10(7-15)6-12(13)14/h2-6,9,16H,8H2,1H3. The first-order chi connectivity index (χ1) is 9.42. The lowest BCUT2D eigenvalue weighted by atomic mass is 10.2. The maximum Gasteiger partial charge on any atom is 0.242 e. The molecule has 0 atom stereocenters. The molecule has 2 aromatic rings. The molecule has 0 aliphatic carbocycles. The van der Waals surface area contributed by atoms with Crippen molar-refractivity contribution < 1.29 is 8.42 Å². The lowest BCUT2D eigenvalue weighted by Gasteiger charge is -2.07. The van der Waals surface area contributed by atoms with E-state index in [4.69, 9.17) is 16.9 Å². The molecule has 1 aromatic heterocycles. The summed E-state index contributed by atoms with van der Waals surface area (Å²) in [6.07, 6.45) is 3.65. The third kappa shape index (κ3) is 3.20. The molecule has 0 amide bonds. The van der Waals surface area contributed by atoms with E-state index < -0.39 is 10.0 Å². The van der Waals surface area contributed by atoms with Crippen LogP contribution in [0, 0.1) is 11.3 Å². The minimum Gasteiger partial charge on any atom is -0.357 e. The van der Waals surface area contributed by atoms with Gasteiger partial charge in [-0.2, -0.15) is 5.26 Å². The Morgan fingerprint density at radius 1 is 1.40 bits per heavy atom. The fraction of sp³-hybridized carbons (Fsp3) is 0.154. The molecule has 5 nitrogen and oxygen atoms in total. The summed E-state index contributed by atoms with van der Waals surface area (Å²) in [5.74, 6) is 0. The van der Waals surface area contributed by atoms with Crippen LogP contribution >= 0.6 is 11.6 Å². The Kier molecular flexibility index (Phi) is 4.14. The average molecular weight is 310 g/mol. The minimum absolute atomic E-state index is 0.0320. The number of hydrogen-bond donors (Lipinski definition) is 1. The predicted molar refractivity (Wildman–Crippen MR) is 75.6 cm³/mol. The van der Waals surface area contributed by atoms with Crippen LogP contribution in [-0.2, 0) is 23.6 Å². The monoisotopic (exact) mass is 309 g/mol. The first-order valence-corrected chi connectivity index (χ1v) is 7.58. The third-order valence-electron chi connectivity index (χ3n) is 2.71. The molecule has 0 radical (unpaired) electrons. The number of sulfonamides is 1. The van der Waals surface area contributed by atoms with E-state index in [-0.39, 0.29) is 16.5 Å². The molecule has 20 heavy (non-hydrogen) atoms. The number of halogens is 1. The molecule has 1 heterocycles. The smallest absolute Gasteiger partial charge is 0.242 e. The van der Waals surface area contributed by atoms with E-state index in [1.165, 1.54) is 18.2 Å². The molecule has 0 unspecified atom stereocenters. The van der Waals surface area contributed by atoms with Crippen molar-refractivity contribution in [2.75, 3.05) is 0 Å². The van der Waals surface area contributed by atoms with Crippen LogP contribution < -0.4 is 4.72 Å². The van der Waals surface area contributed by atoms with Gasteiger partial charge in [0.1, 0.15) is 4.90 Å². The number of nitrogens with zero attached hydrogens (tertiary/aromatic N) is 2. The minimum atomic E-state index is -3.71. The van der Waals surface area contributed by atoms with Gasteiger partial charge in [0.25, 0.3) is 0 Å². The summed E-state index contributed by atoms with van der Waals surface area (Å²) in [5.41, 5.74) is 1.16. The molecule has 104 valence electrons. The van der Waals surface area contributed by atoms with Gasteiger partial charge in [0.15, 0.2) is 0 Å². The van der Waals surface area contributed by atoms with Crippen molar-refractivity contribution in [2.45, 2.75) is 11.4 Å². The molecule has 0 aliphatic heterocycles. The molecule has 0 aliphatic rings. The molecule has 2 rings (SSSR count). The van der Waals surface area contributed by atoms with Crippen molar-refractivity contribution in [1.82, 2.24) is 9.29 Å². The van der Waals surface area contributed by atoms with Gasteiger partial charge < -0.3 is 4.57 Å². The zero-order valence-electron chi connectivity index (χ0n) is 10.7. The number of nitriles is 1. The van der Waals surface area contributed by atoms with Crippen LogP contribution in [0.3, 0.4) is 0 Å². The Bertz CT molecular complexity index is 775. The molecular weight excluding hydrogens is 298 g/mol. The van der Waals surface area contributed by atoms with E-state index in [2.05, 4.69) is 4.72 Å². The van der Waals surface area contributed by atoms with Gasteiger partial charge in [0, 0.05) is 26.0 Å². The van der Waals surface area contributed by atoms with Crippen molar-refractivity contribution in [2.24, 2.45) is 7.05 Å². The molecular formula is C13H12ClN3O2S. The summed E-state index contributed by atoms with van der Waals surface area (Å²) < 4.78 is 28.6. The zero-order valence-corrected chi connectivity index (χ0v) is 12.2. The van der Waals surface area contributed by atoms with Crippen LogP contribution in [0.5, 0.6) is 0 Å². The molecule has 7 heteroatoms. The van der Waals surface area contributed by atoms with Crippen molar-refractivity contribution in [3.05, 3.63) is 52.8 Å². The maximum atomic E-state index is 12.1. The van der Waals surface area contributed by atoms with E-state index in [9.17, 15) is 8.42 Å². The van der Waals surface area contributed by atoms with Crippen molar-refractivity contribution in [3.63, 3.8) is 0 Å². The van der Waals surface area contributed by atoms with Crippen LogP contribution in [0.2, 0.25) is 5.02 Å². The Hall–Kier alpha value is -1.81. The summed E-state index contributed by atoms with van der Waals surface area (Å²) in [6.45, 7) is 0.180. The fourth-order valence-electron chi connectivity index (χ4n) is 1.71. The molecule has 1 aromatic carbocycles. The lowest BCUT2D eigenvalue weighted by Crippen LogP contribution is -2.23. The third-order valence-corrected chi connectivity index (χ3v) is 4.59. The maximum absolute atomic E-state index is 12.1. The van der Waals surface area contributed by atoms with E-state index in [1.807, 2.05) is 36.1 Å². The predicted octanol–water partition coefficient (Wildman–Crippen LogP) is 2.03. The summed E-state index contributed by atoms with van der Waals surface area (Å²) in [7, 11) is -1.85. The second-order valence-electron chi connectivity index (χ2n) is 4.27. The van der Waals surface area contributed by atoms with Crippen LogP contribution in [0.1, 0.15) is 11.1 Å². The molecule has 0 bridgehead atoms. The number of hydrogen-bond acceptors (Lipinski definition) is 3. The largest absolute Gasteiger partial charge is 0.357 e. The quantitative estimate of drug-likeness (QED) is 0.939. The van der Waals surface area contributed by atoms with Crippen molar-refractivity contribution in [3.8, 4) is 6.07 Å². The van der Waals surface area contributed by atoms with E-state index >= 15 is 0 Å². The summed E-state index contributed by atoms with van der Waals surface area (Å²) in [5, 5.41) is 8.77. The highest BCUT2D eigenvalue weighted by molar-refractivity contribution is 7.89. The normalized spacial score (nSPS) is 11.2. The fourth-order valence-corrected chi connectivity index (χ4v) is 3.27. The lowest BCUT2D eigenvalue weighted by molar-refractivity contribution is 0.581. The van der Waals surface area contributed by atoms with Gasteiger partial charge in [-0.25, -0.2) is 13.1 Å². The Morgan fingerprint density at radius 3 is 2.70 bits per heavy atom. The molecule has 1 N–H and O–H groups in total. The Morgan fingerprint density at radius 2 is 2.15 bits per heavy atom. The number of rotatable bonds is 4. The van der Waals surface area contributed by atoms with Gasteiger partial charge >= 0.3 is 0 Å². The van der Waals surface area contributed by atoms with Gasteiger partial charge in [-0.1, -0.05) is 11.6 Å². The summed E-state index contributed by atoms with van der Waals surface area (Å²) in [6, 6.07) is 7.81. The van der Waals surface area contributed by atoms with Gasteiger partial charge in [0.2, 0.25) is 10.0 Å². The van der Waals surface area contributed by atoms with Crippen molar-refractivity contribution in [1.29, 1.82) is 5.26 Å². The van der Waals surface area contributed by atoms with E-state index in [1.54, 1.807) is 0 Å². The number of aromatic nitrogens is 1. The second kappa shape index (κ2) is 5.67. The average Bonchev–Trinajstić information content (AvgIpc) is 2.82. The SMILES string of the molecule is Cn1ccc(CNS(=O)(=O)c2ccc(C#N)cc2Cl)c1. The summed E-state index contributed by atoms with van der Waals surface area (Å²) >= 11 is 5.90. The van der Waals surface area contributed by atoms with Gasteiger partial charge in [0.05, 0.1) is 16.7 Å². The number of benzene rings is 1. The molecule has 0 fully saturated rings. The highest BCUT2D eigenvalue weighted by Crippen LogP contribution is 2.22. The zero-order chi connectivity index (χ0) is 14.8. The molecule has 0 spiro atoms. The Labute approximate surface area is 122 Å². The second-order valence-corrected chi connectivity index (χ2v) is 6.41. The van der Waals surface area contributed by atoms with E-state index in [0.717, 1.165) is 5.56 Å². The van der Waals surface area contributed by atoms with Crippen LogP contribution in [-0.4, -0.2) is 13.0 Å². The van der Waals surface area contributed by atoms with Gasteiger partial charge in [-0.3, -0.25) is 0 Å². The summed E-state index contributed by atoms with van der Waals surface area (Å²) in [4.78, 5) is -0.0332. The highest BCUT2D eigenvalue weighted by Gasteiger charge is 2.18. The Balaban J connectivity index is 2.20. The molecule has 0 saturated carbocycles. The van der Waals surface area contributed by atoms with Gasteiger partial charge in [-0.15, -0.1) is 0 Å².